The zero-order valence-corrected chi connectivity index (χ0v) is 56.0. The Labute approximate surface area is 527 Å². The molecule has 0 spiro atoms. The monoisotopic (exact) mass is 1270 g/mol. The Balaban J connectivity index is 4.64. The van der Waals surface area contributed by atoms with Crippen LogP contribution in [-0.2, 0) is 55.8 Å². The minimum atomic E-state index is -4.93. The fourth-order valence-electron chi connectivity index (χ4n) is 8.62. The molecule has 5 unspecified atom stereocenters. The van der Waals surface area contributed by atoms with E-state index in [9.17, 15) is 43.5 Å². The predicted molar refractivity (Wildman–Crippen MR) is 353 cm³/mol. The highest BCUT2D eigenvalue weighted by atomic mass is 31.2. The van der Waals surface area contributed by atoms with Gasteiger partial charge in [0.2, 0.25) is 0 Å². The maximum absolute atomic E-state index is 12.9. The Morgan fingerprint density at radius 3 is 1.00 bits per heavy atom. The van der Waals surface area contributed by atoms with Crippen molar-refractivity contribution in [2.75, 3.05) is 39.6 Å². The second-order valence-electron chi connectivity index (χ2n) is 22.2. The number of allylic oxidation sites excluding steroid dienone is 16. The van der Waals surface area contributed by atoms with E-state index in [-0.39, 0.29) is 19.3 Å². The molecule has 0 amide bonds. The first-order valence-electron chi connectivity index (χ1n) is 33.5. The van der Waals surface area contributed by atoms with Crippen molar-refractivity contribution in [2.45, 2.75) is 283 Å². The summed E-state index contributed by atoms with van der Waals surface area (Å²) in [5, 5.41) is 20.5. The Hall–Kier alpha value is -3.53. The maximum Gasteiger partial charge on any atom is 0.472 e. The quantitative estimate of drug-likeness (QED) is 0.0146. The summed E-state index contributed by atoms with van der Waals surface area (Å²) in [4.78, 5) is 58.3. The van der Waals surface area contributed by atoms with Crippen LogP contribution in [0.3, 0.4) is 0 Å². The predicted octanol–water partition coefficient (Wildman–Crippen LogP) is 18.3. The minimum absolute atomic E-state index is 0.0911. The number of carbonyl (C=O) groups excluding carboxylic acids is 3. The first-order chi connectivity index (χ1) is 42.2. The van der Waals surface area contributed by atoms with Crippen LogP contribution < -0.4 is 0 Å². The molecule has 0 aliphatic carbocycles. The number of carbonyl (C=O) groups is 3. The number of aliphatic hydroxyl groups is 2. The molecule has 0 radical (unpaired) electrons. The first kappa shape index (κ1) is 83.5. The number of phosphoric acid groups is 2. The molecular weight excluding hydrogens is 1150 g/mol. The smallest absolute Gasteiger partial charge is 0.463 e. The third-order valence-corrected chi connectivity index (χ3v) is 15.7. The van der Waals surface area contributed by atoms with Crippen LogP contribution in [0.4, 0.5) is 0 Å². The number of unbranched alkanes of at least 4 members (excludes halogenated alkanes) is 24. The average Bonchev–Trinajstić information content (AvgIpc) is 3.69. The van der Waals surface area contributed by atoms with Gasteiger partial charge in [0.25, 0.3) is 0 Å². The van der Waals surface area contributed by atoms with Crippen LogP contribution in [0.5, 0.6) is 0 Å². The highest BCUT2D eigenvalue weighted by molar-refractivity contribution is 7.47. The van der Waals surface area contributed by atoms with Crippen molar-refractivity contribution in [2.24, 2.45) is 0 Å². The molecule has 0 saturated heterocycles. The van der Waals surface area contributed by atoms with Gasteiger partial charge in [-0.25, -0.2) is 9.13 Å². The molecule has 0 aliphatic rings. The summed E-state index contributed by atoms with van der Waals surface area (Å²) < 4.78 is 60.8. The molecular formula is C69H120O16P2. The fraction of sp³-hybridized carbons (Fsp3) is 0.725. The SMILES string of the molecule is CC/C=C\C/C=C\C/C=C\CCCCCCCCCC(=O)OCC(COP(=O)(O)OCC(O)COP(=O)(O)OCC(O)COC(=O)CCCCCCC/C=C\C/C=C\C/C=C\C/C=C\CCCCC)OC(=O)CCCCCCC/C=C\CCCCCC. The van der Waals surface area contributed by atoms with Crippen LogP contribution >= 0.6 is 15.6 Å². The number of phosphoric ester groups is 2. The number of ether oxygens (including phenoxy) is 3. The number of hydrogen-bond acceptors (Lipinski definition) is 14. The summed E-state index contributed by atoms with van der Waals surface area (Å²) in [5.41, 5.74) is 0. The van der Waals surface area contributed by atoms with Crippen LogP contribution in [0.1, 0.15) is 265 Å². The van der Waals surface area contributed by atoms with E-state index in [0.29, 0.717) is 19.3 Å². The van der Waals surface area contributed by atoms with E-state index < -0.39 is 91.5 Å². The molecule has 87 heavy (non-hydrogen) atoms. The van der Waals surface area contributed by atoms with Crippen molar-refractivity contribution >= 4 is 33.6 Å². The van der Waals surface area contributed by atoms with E-state index in [1.54, 1.807) is 0 Å². The van der Waals surface area contributed by atoms with E-state index >= 15 is 0 Å². The Morgan fingerprint density at radius 1 is 0.333 bits per heavy atom. The van der Waals surface area contributed by atoms with Crippen molar-refractivity contribution in [3.63, 3.8) is 0 Å². The van der Waals surface area contributed by atoms with Gasteiger partial charge in [-0.3, -0.25) is 32.5 Å². The maximum atomic E-state index is 12.9. The number of rotatable bonds is 63. The molecule has 0 aromatic rings. The summed E-state index contributed by atoms with van der Waals surface area (Å²) in [6.07, 6.45) is 67.4. The van der Waals surface area contributed by atoms with Crippen molar-refractivity contribution in [1.29, 1.82) is 0 Å². The summed E-state index contributed by atoms with van der Waals surface area (Å²) in [5.74, 6) is -1.61. The third kappa shape index (κ3) is 63.8. The van der Waals surface area contributed by atoms with Gasteiger partial charge in [0.15, 0.2) is 6.10 Å². The molecule has 0 aromatic heterocycles. The molecule has 0 saturated carbocycles. The molecule has 0 bridgehead atoms. The van der Waals surface area contributed by atoms with E-state index in [4.69, 9.17) is 32.3 Å². The van der Waals surface area contributed by atoms with Gasteiger partial charge in [0.1, 0.15) is 25.4 Å². The van der Waals surface area contributed by atoms with E-state index in [1.807, 2.05) is 0 Å². The van der Waals surface area contributed by atoms with Gasteiger partial charge in [0.05, 0.1) is 26.4 Å². The van der Waals surface area contributed by atoms with Crippen LogP contribution in [0.25, 0.3) is 0 Å². The highest BCUT2D eigenvalue weighted by Crippen LogP contribution is 2.45. The lowest BCUT2D eigenvalue weighted by Crippen LogP contribution is -2.30. The number of aliphatic hydroxyl groups excluding tert-OH is 2. The highest BCUT2D eigenvalue weighted by Gasteiger charge is 2.29. The Morgan fingerprint density at radius 2 is 0.609 bits per heavy atom. The number of esters is 3. The van der Waals surface area contributed by atoms with E-state index in [2.05, 4.69) is 118 Å². The van der Waals surface area contributed by atoms with Crippen LogP contribution in [0, 0.1) is 0 Å². The molecule has 0 fully saturated rings. The van der Waals surface area contributed by atoms with Crippen molar-refractivity contribution in [1.82, 2.24) is 0 Å². The summed E-state index contributed by atoms with van der Waals surface area (Å²) in [7, 11) is -9.78. The average molecular weight is 1270 g/mol. The van der Waals surface area contributed by atoms with Gasteiger partial charge in [-0.15, -0.1) is 0 Å². The zero-order valence-electron chi connectivity index (χ0n) is 54.2. The zero-order chi connectivity index (χ0) is 63.8. The van der Waals surface area contributed by atoms with Gasteiger partial charge < -0.3 is 34.2 Å². The van der Waals surface area contributed by atoms with Crippen molar-refractivity contribution in [3.8, 4) is 0 Å². The molecule has 0 heterocycles. The summed E-state index contributed by atoms with van der Waals surface area (Å²) in [6.45, 7) is 2.47. The molecule has 0 aromatic carbocycles. The summed E-state index contributed by atoms with van der Waals surface area (Å²) in [6, 6.07) is 0. The Kier molecular flexibility index (Phi) is 60.1. The van der Waals surface area contributed by atoms with E-state index in [1.165, 1.54) is 51.4 Å². The van der Waals surface area contributed by atoms with Gasteiger partial charge >= 0.3 is 33.6 Å². The lowest BCUT2D eigenvalue weighted by Gasteiger charge is -2.21. The van der Waals surface area contributed by atoms with Crippen molar-refractivity contribution < 1.29 is 75.8 Å². The molecule has 0 rings (SSSR count). The van der Waals surface area contributed by atoms with Crippen LogP contribution in [-0.4, -0.2) is 95.9 Å². The first-order valence-corrected chi connectivity index (χ1v) is 36.5. The molecule has 502 valence electrons. The van der Waals surface area contributed by atoms with Crippen molar-refractivity contribution in [3.05, 3.63) is 97.2 Å². The molecule has 0 aliphatic heterocycles. The van der Waals surface area contributed by atoms with Gasteiger partial charge in [-0.05, 0) is 122 Å². The lowest BCUT2D eigenvalue weighted by molar-refractivity contribution is -0.161. The van der Waals surface area contributed by atoms with Gasteiger partial charge in [-0.1, -0.05) is 221 Å². The second-order valence-corrected chi connectivity index (χ2v) is 25.1. The fourth-order valence-corrected chi connectivity index (χ4v) is 10.2. The van der Waals surface area contributed by atoms with Gasteiger partial charge in [-0.2, -0.15) is 0 Å². The van der Waals surface area contributed by atoms with Crippen LogP contribution in [0.2, 0.25) is 0 Å². The molecule has 18 heteroatoms. The molecule has 5 atom stereocenters. The largest absolute Gasteiger partial charge is 0.472 e. The minimum Gasteiger partial charge on any atom is -0.463 e. The topological polar surface area (TPSA) is 231 Å². The third-order valence-electron chi connectivity index (χ3n) is 13.8. The van der Waals surface area contributed by atoms with E-state index in [0.717, 1.165) is 154 Å². The Bertz CT molecular complexity index is 1980. The van der Waals surface area contributed by atoms with Gasteiger partial charge in [0, 0.05) is 19.3 Å². The standard InChI is InChI=1S/C69H120O16P2/c1-4-7-10-13-16-19-22-25-27-29-30-31-32-34-36-38-40-43-46-49-52-55-67(72)79-58-64(70)59-81-86(75,76)82-60-65(71)61-83-87(77,78)84-63-66(85-69(74)57-54-51-48-45-42-37-24-21-18-15-12-9-6-3)62-80-68(73)56-53-50-47-44-41-39-35-33-28-26-23-20-17-14-11-8-5-2/h8,11,16-17,19-21,24-28,30-31,34,36,64-66,70-71H,4-7,9-10,12-15,18,22-23,29,32-33,35,37-63H2,1-3H3,(H,75,76)(H,77,78)/b11-8-,19-16-,20-17-,24-21-,27-25-,28-26-,31-30-,36-34-. The lowest BCUT2D eigenvalue weighted by atomic mass is 10.1. The second kappa shape index (κ2) is 62.7. The normalized spacial score (nSPS) is 14.9. The number of hydrogen-bond donors (Lipinski definition) is 4. The molecule has 16 nitrogen and oxygen atoms in total. The molecule has 4 N–H and O–H groups in total. The van der Waals surface area contributed by atoms with Crippen LogP contribution in [0.15, 0.2) is 97.2 Å². The summed E-state index contributed by atoms with van der Waals surface area (Å²) >= 11 is 0.